The summed E-state index contributed by atoms with van der Waals surface area (Å²) < 4.78 is 7.45. The van der Waals surface area contributed by atoms with Crippen LogP contribution in [0.4, 0.5) is 0 Å². The van der Waals surface area contributed by atoms with Crippen molar-refractivity contribution in [3.63, 3.8) is 0 Å². The lowest BCUT2D eigenvalue weighted by Gasteiger charge is -2.03. The second kappa shape index (κ2) is 6.90. The molecule has 0 saturated heterocycles. The molecule has 0 aliphatic heterocycles. The molecule has 2 heterocycles. The van der Waals surface area contributed by atoms with Crippen LogP contribution in [0.1, 0.15) is 17.1 Å². The van der Waals surface area contributed by atoms with E-state index in [0.717, 1.165) is 16.9 Å². The first kappa shape index (κ1) is 16.8. The van der Waals surface area contributed by atoms with Crippen molar-refractivity contribution in [1.82, 2.24) is 25.2 Å². The van der Waals surface area contributed by atoms with Gasteiger partial charge < -0.3 is 4.42 Å². The maximum absolute atomic E-state index is 6.05. The Morgan fingerprint density at radius 1 is 0.962 bits per heavy atom. The second-order valence-electron chi connectivity index (χ2n) is 5.72. The van der Waals surface area contributed by atoms with Crippen molar-refractivity contribution in [1.29, 1.82) is 0 Å². The van der Waals surface area contributed by atoms with Crippen molar-refractivity contribution in [2.45, 2.75) is 13.3 Å². The Labute approximate surface area is 159 Å². The molecule has 0 radical (unpaired) electrons. The number of nitrogens with zero attached hydrogens (tertiary/aromatic N) is 5. The molecule has 0 aliphatic rings. The molecule has 6 nitrogen and oxygen atoms in total. The third-order valence-corrected chi connectivity index (χ3v) is 4.37. The molecule has 0 unspecified atom stereocenters. The van der Waals surface area contributed by atoms with E-state index in [2.05, 4.69) is 20.5 Å². The number of aromatic nitrogens is 5. The molecule has 26 heavy (non-hydrogen) atoms. The molecule has 0 aliphatic carbocycles. The van der Waals surface area contributed by atoms with Crippen LogP contribution >= 0.6 is 23.2 Å². The SMILES string of the molecule is Cc1c(-c2nnc(Cc3ccc(Cl)cc3)o2)nnn1-c1cccc(Cl)c1. The van der Waals surface area contributed by atoms with E-state index < -0.39 is 0 Å². The topological polar surface area (TPSA) is 69.6 Å². The van der Waals surface area contributed by atoms with Crippen molar-refractivity contribution in [2.75, 3.05) is 0 Å². The van der Waals surface area contributed by atoms with Gasteiger partial charge in [-0.15, -0.1) is 15.3 Å². The summed E-state index contributed by atoms with van der Waals surface area (Å²) in [5.41, 5.74) is 3.17. The van der Waals surface area contributed by atoms with Crippen molar-refractivity contribution in [3.8, 4) is 17.3 Å². The molecule has 2 aromatic heterocycles. The molecule has 0 saturated carbocycles. The lowest BCUT2D eigenvalue weighted by atomic mass is 10.1. The molecule has 0 bridgehead atoms. The van der Waals surface area contributed by atoms with Gasteiger partial charge in [0.15, 0.2) is 5.69 Å². The Morgan fingerprint density at radius 2 is 1.77 bits per heavy atom. The number of halogens is 2. The number of hydrogen-bond donors (Lipinski definition) is 0. The zero-order chi connectivity index (χ0) is 18.1. The predicted octanol–water partition coefficient (Wildman–Crippen LogP) is 4.52. The highest BCUT2D eigenvalue weighted by Gasteiger charge is 2.18. The summed E-state index contributed by atoms with van der Waals surface area (Å²) in [6.45, 7) is 1.89. The van der Waals surface area contributed by atoms with Gasteiger partial charge in [0.1, 0.15) is 0 Å². The maximum atomic E-state index is 6.05. The van der Waals surface area contributed by atoms with E-state index in [0.29, 0.717) is 33.9 Å². The third kappa shape index (κ3) is 3.34. The summed E-state index contributed by atoms with van der Waals surface area (Å²) in [7, 11) is 0. The average molecular weight is 386 g/mol. The van der Waals surface area contributed by atoms with Crippen LogP contribution in [-0.4, -0.2) is 25.2 Å². The monoisotopic (exact) mass is 385 g/mol. The van der Waals surface area contributed by atoms with Crippen molar-refractivity contribution in [3.05, 3.63) is 75.7 Å². The predicted molar refractivity (Wildman–Crippen MR) is 98.7 cm³/mol. The Balaban J connectivity index is 1.61. The smallest absolute Gasteiger partial charge is 0.270 e. The first-order valence-electron chi connectivity index (χ1n) is 7.85. The van der Waals surface area contributed by atoms with Crippen LogP contribution in [0.15, 0.2) is 52.9 Å². The average Bonchev–Trinajstić information content (AvgIpc) is 3.23. The lowest BCUT2D eigenvalue weighted by molar-refractivity contribution is 0.516. The minimum atomic E-state index is 0.333. The fourth-order valence-corrected chi connectivity index (χ4v) is 2.89. The number of rotatable bonds is 4. The van der Waals surface area contributed by atoms with Crippen LogP contribution in [-0.2, 0) is 6.42 Å². The van der Waals surface area contributed by atoms with Crippen LogP contribution in [0.3, 0.4) is 0 Å². The van der Waals surface area contributed by atoms with Gasteiger partial charge >= 0.3 is 0 Å². The minimum absolute atomic E-state index is 0.333. The van der Waals surface area contributed by atoms with Gasteiger partial charge in [-0.25, -0.2) is 4.68 Å². The Bertz CT molecular complexity index is 1060. The fraction of sp³-hybridized carbons (Fsp3) is 0.111. The van der Waals surface area contributed by atoms with Gasteiger partial charge in [0, 0.05) is 10.0 Å². The van der Waals surface area contributed by atoms with Crippen LogP contribution in [0.2, 0.25) is 10.0 Å². The van der Waals surface area contributed by atoms with Crippen LogP contribution in [0, 0.1) is 6.92 Å². The number of benzene rings is 2. The van der Waals surface area contributed by atoms with Crippen molar-refractivity contribution >= 4 is 23.2 Å². The molecule has 8 heteroatoms. The van der Waals surface area contributed by atoms with E-state index in [1.54, 1.807) is 10.7 Å². The lowest BCUT2D eigenvalue weighted by Crippen LogP contribution is -1.98. The second-order valence-corrected chi connectivity index (χ2v) is 6.59. The van der Waals surface area contributed by atoms with Crippen LogP contribution in [0.25, 0.3) is 17.3 Å². The first-order chi connectivity index (χ1) is 12.6. The normalized spacial score (nSPS) is 11.0. The van der Waals surface area contributed by atoms with Crippen molar-refractivity contribution in [2.24, 2.45) is 0 Å². The largest absolute Gasteiger partial charge is 0.419 e. The standard InChI is InChI=1S/C18H13Cl2N5O/c1-11-17(22-24-25(11)15-4-2-3-14(20)10-15)18-23-21-16(26-18)9-12-5-7-13(19)8-6-12/h2-8,10H,9H2,1H3. The van der Waals surface area contributed by atoms with Gasteiger partial charge in [-0.1, -0.05) is 46.6 Å². The minimum Gasteiger partial charge on any atom is -0.419 e. The van der Waals surface area contributed by atoms with Gasteiger partial charge in [0.2, 0.25) is 5.89 Å². The van der Waals surface area contributed by atoms with Crippen LogP contribution < -0.4 is 0 Å². The van der Waals surface area contributed by atoms with E-state index in [9.17, 15) is 0 Å². The molecule has 4 aromatic rings. The molecule has 4 rings (SSSR count). The highest BCUT2D eigenvalue weighted by Crippen LogP contribution is 2.23. The van der Waals surface area contributed by atoms with E-state index >= 15 is 0 Å². The molecule has 0 atom stereocenters. The maximum Gasteiger partial charge on any atom is 0.270 e. The fourth-order valence-electron chi connectivity index (χ4n) is 2.58. The van der Waals surface area contributed by atoms with Gasteiger partial charge in [-0.05, 0) is 42.8 Å². The summed E-state index contributed by atoms with van der Waals surface area (Å²) >= 11 is 12.0. The molecular formula is C18H13Cl2N5O. The first-order valence-corrected chi connectivity index (χ1v) is 8.61. The zero-order valence-electron chi connectivity index (χ0n) is 13.7. The van der Waals surface area contributed by atoms with E-state index in [1.807, 2.05) is 49.4 Å². The van der Waals surface area contributed by atoms with E-state index in [-0.39, 0.29) is 0 Å². The summed E-state index contributed by atoms with van der Waals surface area (Å²) in [6, 6.07) is 14.9. The zero-order valence-corrected chi connectivity index (χ0v) is 15.2. The quantitative estimate of drug-likeness (QED) is 0.516. The Kier molecular flexibility index (Phi) is 4.44. The molecule has 0 fully saturated rings. The number of hydrogen-bond acceptors (Lipinski definition) is 5. The summed E-state index contributed by atoms with van der Waals surface area (Å²) in [5, 5.41) is 17.9. The highest BCUT2D eigenvalue weighted by atomic mass is 35.5. The van der Waals surface area contributed by atoms with Gasteiger partial charge in [-0.2, -0.15) is 0 Å². The Morgan fingerprint density at radius 3 is 2.54 bits per heavy atom. The summed E-state index contributed by atoms with van der Waals surface area (Å²) in [4.78, 5) is 0. The molecule has 0 amide bonds. The van der Waals surface area contributed by atoms with Crippen LogP contribution in [0.5, 0.6) is 0 Å². The van der Waals surface area contributed by atoms with Gasteiger partial charge in [0.05, 0.1) is 17.8 Å². The molecule has 0 spiro atoms. The molecular weight excluding hydrogens is 373 g/mol. The van der Waals surface area contributed by atoms with Gasteiger partial charge in [0.25, 0.3) is 5.89 Å². The summed E-state index contributed by atoms with van der Waals surface area (Å²) in [5.74, 6) is 0.832. The Hall–Kier alpha value is -2.70. The van der Waals surface area contributed by atoms with Crippen molar-refractivity contribution < 1.29 is 4.42 Å². The van der Waals surface area contributed by atoms with Gasteiger partial charge in [-0.3, -0.25) is 0 Å². The summed E-state index contributed by atoms with van der Waals surface area (Å²) in [6.07, 6.45) is 0.519. The highest BCUT2D eigenvalue weighted by molar-refractivity contribution is 6.30. The third-order valence-electron chi connectivity index (χ3n) is 3.89. The molecule has 2 aromatic carbocycles. The van der Waals surface area contributed by atoms with E-state index in [1.165, 1.54) is 0 Å². The molecule has 0 N–H and O–H groups in total. The molecule has 130 valence electrons. The van der Waals surface area contributed by atoms with E-state index in [4.69, 9.17) is 27.6 Å².